The summed E-state index contributed by atoms with van der Waals surface area (Å²) in [6.45, 7) is 0. The van der Waals surface area contributed by atoms with Crippen LogP contribution in [-0.2, 0) is 9.53 Å². The summed E-state index contributed by atoms with van der Waals surface area (Å²) in [4.78, 5) is 9.96. The highest BCUT2D eigenvalue weighted by Gasteiger charge is 2.89. The van der Waals surface area contributed by atoms with Crippen LogP contribution < -0.4 is 6.15 Å². The van der Waals surface area contributed by atoms with Crippen LogP contribution in [0.2, 0.25) is 0 Å². The summed E-state index contributed by atoms with van der Waals surface area (Å²) in [5.74, 6) is -35.4. The molecule has 0 aliphatic heterocycles. The van der Waals surface area contributed by atoms with Gasteiger partial charge >= 0.3 is 48.1 Å². The van der Waals surface area contributed by atoms with Gasteiger partial charge in [0.15, 0.2) is 0 Å². The molecular weight excluding hydrogens is 443 g/mol. The van der Waals surface area contributed by atoms with E-state index in [1.807, 2.05) is 0 Å². The summed E-state index contributed by atoms with van der Waals surface area (Å²) in [7, 11) is 0. The van der Waals surface area contributed by atoms with Crippen molar-refractivity contribution in [2.75, 3.05) is 0 Å². The molecule has 0 saturated heterocycles. The van der Waals surface area contributed by atoms with Gasteiger partial charge in [0.25, 0.3) is 0 Å². The third kappa shape index (κ3) is 3.97. The van der Waals surface area contributed by atoms with E-state index in [9.17, 15) is 70.7 Å². The summed E-state index contributed by atoms with van der Waals surface area (Å²) in [6.07, 6.45) is -22.6. The summed E-state index contributed by atoms with van der Waals surface area (Å²) >= 11 is 0. The monoisotopic (exact) mass is 447 g/mol. The van der Waals surface area contributed by atoms with Gasteiger partial charge in [0.05, 0.1) is 0 Å². The molecular formula is C8H4F15NO3. The topological polar surface area (TPSA) is 81.5 Å². The Labute approximate surface area is 136 Å². The van der Waals surface area contributed by atoms with Crippen LogP contribution in [0.25, 0.3) is 0 Å². The van der Waals surface area contributed by atoms with Crippen molar-refractivity contribution >= 4 is 5.97 Å². The second-order valence-electron chi connectivity index (χ2n) is 4.24. The molecule has 4 nitrogen and oxygen atoms in total. The van der Waals surface area contributed by atoms with E-state index in [0.29, 0.717) is 0 Å². The first-order chi connectivity index (χ1) is 10.9. The molecule has 0 amide bonds. The maximum absolute atomic E-state index is 13.0. The molecule has 0 fully saturated rings. The fourth-order valence-corrected chi connectivity index (χ4v) is 1.02. The first-order valence-electron chi connectivity index (χ1n) is 5.17. The normalized spacial score (nSPS) is 17.1. The molecule has 164 valence electrons. The van der Waals surface area contributed by atoms with Gasteiger partial charge in [-0.2, -0.15) is 65.9 Å². The highest BCUT2D eigenvalue weighted by Crippen LogP contribution is 2.58. The number of carboxylic acids is 1. The van der Waals surface area contributed by atoms with Crippen LogP contribution >= 0.6 is 0 Å². The number of carbonyl (C=O) groups is 1. The van der Waals surface area contributed by atoms with Gasteiger partial charge in [-0.05, 0) is 0 Å². The minimum absolute atomic E-state index is 0. The Morgan fingerprint density at radius 2 is 0.926 bits per heavy atom. The summed E-state index contributed by atoms with van der Waals surface area (Å²) < 4.78 is 187. The van der Waals surface area contributed by atoms with Gasteiger partial charge in [-0.1, -0.05) is 0 Å². The first-order valence-corrected chi connectivity index (χ1v) is 5.17. The number of hydrogen-bond donors (Lipinski definition) is 2. The van der Waals surface area contributed by atoms with E-state index >= 15 is 0 Å². The third-order valence-corrected chi connectivity index (χ3v) is 2.42. The lowest BCUT2D eigenvalue weighted by Gasteiger charge is -2.38. The van der Waals surface area contributed by atoms with Crippen LogP contribution in [0.5, 0.6) is 0 Å². The Balaban J connectivity index is 0. The molecule has 0 aliphatic rings. The van der Waals surface area contributed by atoms with Gasteiger partial charge in [0.2, 0.25) is 0 Å². The predicted molar refractivity (Wildman–Crippen MR) is 49.5 cm³/mol. The first kappa shape index (κ1) is 27.6. The Bertz CT molecular complexity index is 552. The second-order valence-corrected chi connectivity index (χ2v) is 4.24. The SMILES string of the molecule is N.O=C(O)C(F)(OC(F)(F)C(F)(F)C(F)(F)C(F)(F)C(F)(F)F)C(F)(F)F. The van der Waals surface area contributed by atoms with Crippen LogP contribution in [0.15, 0.2) is 0 Å². The Kier molecular flexibility index (Phi) is 6.88. The molecule has 0 saturated carbocycles. The van der Waals surface area contributed by atoms with E-state index in [-0.39, 0.29) is 6.15 Å². The Hall–Kier alpha value is -1.66. The van der Waals surface area contributed by atoms with Crippen LogP contribution in [0.3, 0.4) is 0 Å². The van der Waals surface area contributed by atoms with Crippen molar-refractivity contribution in [1.29, 1.82) is 0 Å². The zero-order valence-corrected chi connectivity index (χ0v) is 11.6. The minimum Gasteiger partial charge on any atom is -0.477 e. The molecule has 1 unspecified atom stereocenters. The van der Waals surface area contributed by atoms with E-state index in [0.717, 1.165) is 0 Å². The number of hydrogen-bond acceptors (Lipinski definition) is 3. The number of aliphatic carboxylic acids is 1. The number of halogens is 15. The molecule has 0 aromatic heterocycles. The average Bonchev–Trinajstić information content (AvgIpc) is 2.34. The lowest BCUT2D eigenvalue weighted by Crippen LogP contribution is -2.69. The van der Waals surface area contributed by atoms with Gasteiger partial charge in [-0.15, -0.1) is 0 Å². The van der Waals surface area contributed by atoms with E-state index in [1.165, 1.54) is 4.74 Å². The lowest BCUT2D eigenvalue weighted by molar-refractivity contribution is -0.488. The molecule has 19 heteroatoms. The quantitative estimate of drug-likeness (QED) is 0.587. The minimum atomic E-state index is -8.20. The molecule has 0 aromatic rings. The molecule has 0 heterocycles. The van der Waals surface area contributed by atoms with Gasteiger partial charge in [-0.3, -0.25) is 4.74 Å². The summed E-state index contributed by atoms with van der Waals surface area (Å²) in [5.41, 5.74) is 0. The van der Waals surface area contributed by atoms with Gasteiger partial charge in [0.1, 0.15) is 0 Å². The van der Waals surface area contributed by atoms with Crippen molar-refractivity contribution < 1.29 is 80.5 Å². The number of ether oxygens (including phenoxy) is 1. The molecule has 0 radical (unpaired) electrons. The van der Waals surface area contributed by atoms with Gasteiger partial charge in [0, 0.05) is 0 Å². The molecule has 27 heavy (non-hydrogen) atoms. The highest BCUT2D eigenvalue weighted by molar-refractivity contribution is 5.76. The lowest BCUT2D eigenvalue weighted by atomic mass is 10.0. The largest absolute Gasteiger partial charge is 0.477 e. The molecule has 4 N–H and O–H groups in total. The smallest absolute Gasteiger partial charge is 0.460 e. The van der Waals surface area contributed by atoms with E-state index in [2.05, 4.69) is 0 Å². The van der Waals surface area contributed by atoms with Crippen LogP contribution in [0.1, 0.15) is 0 Å². The maximum atomic E-state index is 13.0. The van der Waals surface area contributed by atoms with E-state index < -0.39 is 48.1 Å². The molecule has 0 aliphatic carbocycles. The van der Waals surface area contributed by atoms with E-state index in [4.69, 9.17) is 5.11 Å². The Morgan fingerprint density at radius 3 is 1.15 bits per heavy atom. The summed E-state index contributed by atoms with van der Waals surface area (Å²) in [6, 6.07) is 0. The molecule has 0 aromatic carbocycles. The van der Waals surface area contributed by atoms with Crippen molar-refractivity contribution in [3.05, 3.63) is 0 Å². The molecule has 0 spiro atoms. The van der Waals surface area contributed by atoms with E-state index in [1.54, 1.807) is 0 Å². The number of rotatable bonds is 6. The van der Waals surface area contributed by atoms with Crippen molar-refractivity contribution in [2.45, 2.75) is 42.1 Å². The van der Waals surface area contributed by atoms with Gasteiger partial charge < -0.3 is 11.3 Å². The van der Waals surface area contributed by atoms with Crippen molar-refractivity contribution in [2.24, 2.45) is 0 Å². The number of alkyl halides is 15. The maximum Gasteiger partial charge on any atom is 0.460 e. The van der Waals surface area contributed by atoms with Crippen molar-refractivity contribution in [1.82, 2.24) is 6.15 Å². The fraction of sp³-hybridized carbons (Fsp3) is 0.875. The average molecular weight is 447 g/mol. The van der Waals surface area contributed by atoms with Crippen molar-refractivity contribution in [3.63, 3.8) is 0 Å². The second kappa shape index (κ2) is 6.74. The van der Waals surface area contributed by atoms with Crippen LogP contribution in [0, 0.1) is 0 Å². The standard InChI is InChI=1S/C8HF15O3.H3N/c9-2(1(24)25,6(16,17)18)26-8(22,23)5(14,15)3(10,11)4(12,13)7(19,20)21;/h(H,24,25);1H3. The molecule has 0 bridgehead atoms. The third-order valence-electron chi connectivity index (χ3n) is 2.42. The van der Waals surface area contributed by atoms with Crippen LogP contribution in [0.4, 0.5) is 65.9 Å². The zero-order chi connectivity index (χ0) is 21.8. The Morgan fingerprint density at radius 1 is 0.593 bits per heavy atom. The number of carboxylic acid groups (broad SMARTS) is 1. The highest BCUT2D eigenvalue weighted by atomic mass is 19.4. The predicted octanol–water partition coefficient (Wildman–Crippen LogP) is 4.54. The summed E-state index contributed by atoms with van der Waals surface area (Å²) in [5, 5.41) is 7.78. The van der Waals surface area contributed by atoms with Gasteiger partial charge in [-0.25, -0.2) is 4.79 Å². The van der Waals surface area contributed by atoms with Crippen molar-refractivity contribution in [3.8, 4) is 0 Å². The molecule has 1 atom stereocenters. The van der Waals surface area contributed by atoms with Crippen LogP contribution in [-0.4, -0.2) is 53.2 Å². The zero-order valence-electron chi connectivity index (χ0n) is 11.6. The fourth-order valence-electron chi connectivity index (χ4n) is 1.02. The molecule has 0 rings (SSSR count).